The summed E-state index contributed by atoms with van der Waals surface area (Å²) in [6.07, 6.45) is 0. The van der Waals surface area contributed by atoms with Gasteiger partial charge < -0.3 is 5.21 Å². The molecule has 1 heterocycles. The van der Waals surface area contributed by atoms with Gasteiger partial charge in [-0.25, -0.2) is 10.2 Å². The highest BCUT2D eigenvalue weighted by molar-refractivity contribution is 5.42. The summed E-state index contributed by atoms with van der Waals surface area (Å²) in [5, 5.41) is 11.9. The minimum atomic E-state index is -0.471. The highest BCUT2D eigenvalue weighted by Gasteiger charge is 2.24. The maximum Gasteiger partial charge on any atom is 0.153 e. The molecule has 4 nitrogen and oxygen atoms in total. The molecule has 4 heteroatoms. The quantitative estimate of drug-likeness (QED) is 0.471. The van der Waals surface area contributed by atoms with Crippen molar-refractivity contribution in [1.82, 2.24) is 15.7 Å². The summed E-state index contributed by atoms with van der Waals surface area (Å²) in [4.78, 5) is 0. The van der Waals surface area contributed by atoms with Crippen LogP contribution in [0.4, 0.5) is 5.69 Å². The van der Waals surface area contributed by atoms with Crippen LogP contribution < -0.4 is 15.7 Å². The molecule has 1 fully saturated rings. The van der Waals surface area contributed by atoms with Crippen molar-refractivity contribution in [3.05, 3.63) is 35.5 Å². The lowest BCUT2D eigenvalue weighted by atomic mass is 10.3. The second-order valence-corrected chi connectivity index (χ2v) is 2.84. The van der Waals surface area contributed by atoms with E-state index >= 15 is 0 Å². The SMILES string of the molecule is [O-][N+]1(c2ccccc2)CCNN1. The number of hydrogen-bond acceptors (Lipinski definition) is 3. The maximum atomic E-state index is 11.9. The van der Waals surface area contributed by atoms with Crippen LogP contribution in [0, 0.1) is 5.21 Å². The van der Waals surface area contributed by atoms with E-state index < -0.39 is 4.76 Å². The van der Waals surface area contributed by atoms with Gasteiger partial charge in [-0.2, -0.15) is 0 Å². The van der Waals surface area contributed by atoms with Gasteiger partial charge in [0.1, 0.15) is 6.54 Å². The van der Waals surface area contributed by atoms with Crippen molar-refractivity contribution in [3.63, 3.8) is 0 Å². The van der Waals surface area contributed by atoms with E-state index in [1.54, 1.807) is 0 Å². The Labute approximate surface area is 70.9 Å². The van der Waals surface area contributed by atoms with Gasteiger partial charge in [0.05, 0.1) is 6.54 Å². The highest BCUT2D eigenvalue weighted by atomic mass is 16.6. The molecule has 0 bridgehead atoms. The number of nitrogens with zero attached hydrogens (tertiary/aromatic N) is 1. The Morgan fingerprint density at radius 3 is 2.58 bits per heavy atom. The molecule has 1 aromatic carbocycles. The third kappa shape index (κ3) is 1.21. The molecule has 1 atom stereocenters. The Morgan fingerprint density at radius 1 is 1.25 bits per heavy atom. The molecule has 1 aliphatic rings. The van der Waals surface area contributed by atoms with E-state index in [4.69, 9.17) is 0 Å². The molecule has 0 saturated carbocycles. The van der Waals surface area contributed by atoms with Gasteiger partial charge in [0, 0.05) is 12.1 Å². The van der Waals surface area contributed by atoms with Crippen molar-refractivity contribution in [3.8, 4) is 0 Å². The van der Waals surface area contributed by atoms with Gasteiger partial charge in [-0.1, -0.05) is 23.7 Å². The van der Waals surface area contributed by atoms with Gasteiger partial charge >= 0.3 is 0 Å². The molecule has 12 heavy (non-hydrogen) atoms. The lowest BCUT2D eigenvalue weighted by Gasteiger charge is -2.34. The predicted molar refractivity (Wildman–Crippen MR) is 47.6 cm³/mol. The molecule has 2 N–H and O–H groups in total. The van der Waals surface area contributed by atoms with Crippen LogP contribution in [0.15, 0.2) is 30.3 Å². The third-order valence-corrected chi connectivity index (χ3v) is 1.98. The van der Waals surface area contributed by atoms with Crippen molar-refractivity contribution in [2.75, 3.05) is 13.1 Å². The summed E-state index contributed by atoms with van der Waals surface area (Å²) in [7, 11) is 0. The fraction of sp³-hybridized carbons (Fsp3) is 0.250. The number of hydrogen-bond donors (Lipinski definition) is 2. The molecule has 1 aliphatic heterocycles. The Kier molecular flexibility index (Phi) is 1.82. The molecule has 0 amide bonds. The minimum Gasteiger partial charge on any atom is -0.605 e. The standard InChI is InChI=1S/C8H11N3O/c12-11(7-6-9-10-11)8-4-2-1-3-5-8/h1-5,9-10H,6-7H2. The molecule has 0 radical (unpaired) electrons. The van der Waals surface area contributed by atoms with Crippen molar-refractivity contribution in [1.29, 1.82) is 0 Å². The lowest BCUT2D eigenvalue weighted by molar-refractivity contribution is 0.324. The second-order valence-electron chi connectivity index (χ2n) is 2.84. The van der Waals surface area contributed by atoms with E-state index in [1.165, 1.54) is 0 Å². The number of hydroxylamine groups is 1. The predicted octanol–water partition coefficient (Wildman–Crippen LogP) is 0.514. The third-order valence-electron chi connectivity index (χ3n) is 1.98. The molecule has 64 valence electrons. The first-order valence-corrected chi connectivity index (χ1v) is 3.96. The number of para-hydroxylation sites is 1. The maximum absolute atomic E-state index is 11.9. The summed E-state index contributed by atoms with van der Waals surface area (Å²) in [6, 6.07) is 9.29. The molecular formula is C8H11N3O. The average Bonchev–Trinajstić information content (AvgIpc) is 2.55. The topological polar surface area (TPSA) is 47.1 Å². The number of hydrazine groups is 1. The van der Waals surface area contributed by atoms with Crippen LogP contribution in [0.2, 0.25) is 0 Å². The molecule has 1 unspecified atom stereocenters. The largest absolute Gasteiger partial charge is 0.605 e. The Hall–Kier alpha value is -0.940. The van der Waals surface area contributed by atoms with E-state index in [2.05, 4.69) is 11.0 Å². The molecule has 0 aliphatic carbocycles. The van der Waals surface area contributed by atoms with E-state index in [9.17, 15) is 5.21 Å². The van der Waals surface area contributed by atoms with Crippen molar-refractivity contribution in [2.45, 2.75) is 0 Å². The molecule has 1 saturated heterocycles. The first-order chi connectivity index (χ1) is 5.81. The van der Waals surface area contributed by atoms with Crippen LogP contribution in [0.25, 0.3) is 0 Å². The Bertz CT molecular complexity index is 256. The molecule has 1 aromatic rings. The van der Waals surface area contributed by atoms with Crippen molar-refractivity contribution < 1.29 is 0 Å². The van der Waals surface area contributed by atoms with E-state index in [-0.39, 0.29) is 0 Å². The lowest BCUT2D eigenvalue weighted by Crippen LogP contribution is -2.52. The zero-order valence-electron chi connectivity index (χ0n) is 6.66. The summed E-state index contributed by atoms with van der Waals surface area (Å²) < 4.78 is -0.471. The first kappa shape index (κ1) is 7.70. The van der Waals surface area contributed by atoms with Gasteiger partial charge in [0.2, 0.25) is 0 Å². The van der Waals surface area contributed by atoms with Crippen LogP contribution in [-0.4, -0.2) is 13.1 Å². The Morgan fingerprint density at radius 2 is 2.00 bits per heavy atom. The number of nitrogens with one attached hydrogen (secondary N) is 2. The van der Waals surface area contributed by atoms with Gasteiger partial charge in [0.25, 0.3) is 0 Å². The fourth-order valence-electron chi connectivity index (χ4n) is 1.32. The minimum absolute atomic E-state index is 0.471. The highest BCUT2D eigenvalue weighted by Crippen LogP contribution is 2.18. The zero-order valence-corrected chi connectivity index (χ0v) is 6.66. The summed E-state index contributed by atoms with van der Waals surface area (Å²) in [5.74, 6) is 0. The van der Waals surface area contributed by atoms with Crippen LogP contribution in [-0.2, 0) is 0 Å². The number of benzene rings is 1. The molecule has 0 spiro atoms. The second kappa shape index (κ2) is 2.84. The fourth-order valence-corrected chi connectivity index (χ4v) is 1.32. The summed E-state index contributed by atoms with van der Waals surface area (Å²) in [5.41, 5.74) is 6.24. The van der Waals surface area contributed by atoms with Gasteiger partial charge in [-0.05, 0) is 0 Å². The molecular weight excluding hydrogens is 154 g/mol. The van der Waals surface area contributed by atoms with Crippen molar-refractivity contribution in [2.24, 2.45) is 0 Å². The number of quaternary nitrogens is 1. The zero-order chi connectivity index (χ0) is 8.44. The average molecular weight is 165 g/mol. The van der Waals surface area contributed by atoms with Gasteiger partial charge in [-0.15, -0.1) is 0 Å². The first-order valence-electron chi connectivity index (χ1n) is 3.96. The summed E-state index contributed by atoms with van der Waals surface area (Å²) in [6.45, 7) is 1.24. The monoisotopic (exact) mass is 165 g/mol. The molecule has 0 aromatic heterocycles. The Balaban J connectivity index is 2.29. The van der Waals surface area contributed by atoms with Gasteiger partial charge in [0.15, 0.2) is 5.69 Å². The van der Waals surface area contributed by atoms with Crippen LogP contribution in [0.3, 0.4) is 0 Å². The number of rotatable bonds is 1. The van der Waals surface area contributed by atoms with E-state index in [0.717, 1.165) is 5.69 Å². The van der Waals surface area contributed by atoms with Gasteiger partial charge in [-0.3, -0.25) is 0 Å². The van der Waals surface area contributed by atoms with E-state index in [0.29, 0.717) is 13.1 Å². The van der Waals surface area contributed by atoms with E-state index in [1.807, 2.05) is 30.3 Å². The summed E-state index contributed by atoms with van der Waals surface area (Å²) >= 11 is 0. The smallest absolute Gasteiger partial charge is 0.153 e. The van der Waals surface area contributed by atoms with Crippen LogP contribution >= 0.6 is 0 Å². The van der Waals surface area contributed by atoms with Crippen LogP contribution in [0.5, 0.6) is 0 Å². The molecule has 2 rings (SSSR count). The normalized spacial score (nSPS) is 29.1. The van der Waals surface area contributed by atoms with Crippen LogP contribution in [0.1, 0.15) is 0 Å². The van der Waals surface area contributed by atoms with Crippen molar-refractivity contribution >= 4 is 5.69 Å².